The highest BCUT2D eigenvalue weighted by Crippen LogP contribution is 2.51. The topological polar surface area (TPSA) is 134 Å². The number of ether oxygens (including phenoxy) is 4. The van der Waals surface area contributed by atoms with Crippen LogP contribution in [0.4, 0.5) is 35.0 Å². The standard InChI is InChI=1S/C47H42Cl2F4N8O4/c1-25-20-34(60(23-28-8-14-32(63-4)15-9-28)24-29-10-16-33(64-5)17-11-29)57-41(37(25)47(51,52)53)35-38(48)43-36-42(39(35)50)58-46(49)59-45(36)61(18-19-65-43)26(2)40-44(54)55-22-30(56-40)21-27-6-12-31(62-3)13-7-27/h6-17,20,22,26H,18-19,21,23-24H2,1-5H3,(H2,54,55). The van der Waals surface area contributed by atoms with Crippen LogP contribution in [-0.2, 0) is 25.7 Å². The molecular formula is C47H42Cl2F4N8O4. The Balaban J connectivity index is 1.25. The van der Waals surface area contributed by atoms with Crippen molar-refractivity contribution >= 4 is 51.6 Å². The molecule has 4 aromatic carbocycles. The van der Waals surface area contributed by atoms with Crippen LogP contribution in [0.1, 0.15) is 52.2 Å². The van der Waals surface area contributed by atoms with Crippen LogP contribution in [0.5, 0.6) is 23.0 Å². The zero-order valence-electron chi connectivity index (χ0n) is 35.8. The number of nitrogens with two attached hydrogens (primary N) is 1. The summed E-state index contributed by atoms with van der Waals surface area (Å²) >= 11 is 13.6. The maximum Gasteiger partial charge on any atom is 0.418 e. The van der Waals surface area contributed by atoms with E-state index in [-0.39, 0.29) is 65.7 Å². The minimum Gasteiger partial charge on any atom is -0.497 e. The van der Waals surface area contributed by atoms with E-state index in [1.807, 2.05) is 55.5 Å². The monoisotopic (exact) mass is 928 g/mol. The van der Waals surface area contributed by atoms with Crippen LogP contribution >= 0.6 is 23.2 Å². The molecule has 0 saturated heterocycles. The lowest BCUT2D eigenvalue weighted by Crippen LogP contribution is -2.32. The van der Waals surface area contributed by atoms with E-state index in [4.69, 9.17) is 52.9 Å². The summed E-state index contributed by atoms with van der Waals surface area (Å²) < 4.78 is 85.6. The molecule has 65 heavy (non-hydrogen) atoms. The molecule has 18 heteroatoms. The van der Waals surface area contributed by atoms with Gasteiger partial charge in [0.1, 0.15) is 52.5 Å². The molecule has 1 atom stereocenters. The molecule has 0 radical (unpaired) electrons. The highest BCUT2D eigenvalue weighted by atomic mass is 35.5. The fourth-order valence-electron chi connectivity index (χ4n) is 7.93. The number of aryl methyl sites for hydroxylation is 1. The lowest BCUT2D eigenvalue weighted by atomic mass is 9.98. The van der Waals surface area contributed by atoms with Gasteiger partial charge in [-0.25, -0.2) is 24.3 Å². The summed E-state index contributed by atoms with van der Waals surface area (Å²) in [5.74, 6) is 0.989. The molecule has 4 heterocycles. The van der Waals surface area contributed by atoms with E-state index < -0.39 is 45.4 Å². The second-order valence-electron chi connectivity index (χ2n) is 15.3. The molecule has 1 unspecified atom stereocenters. The van der Waals surface area contributed by atoms with Gasteiger partial charge in [0.25, 0.3) is 0 Å². The van der Waals surface area contributed by atoms with Gasteiger partial charge in [-0.15, -0.1) is 0 Å². The Bertz CT molecular complexity index is 2820. The van der Waals surface area contributed by atoms with Gasteiger partial charge in [-0.3, -0.25) is 0 Å². The lowest BCUT2D eigenvalue weighted by molar-refractivity contribution is -0.137. The van der Waals surface area contributed by atoms with E-state index >= 15 is 17.6 Å². The molecule has 2 N–H and O–H groups in total. The van der Waals surface area contributed by atoms with Gasteiger partial charge in [0.2, 0.25) is 5.28 Å². The average Bonchev–Trinajstić information content (AvgIpc) is 3.48. The number of anilines is 3. The minimum atomic E-state index is -5.00. The van der Waals surface area contributed by atoms with Crippen molar-refractivity contribution in [2.75, 3.05) is 50.0 Å². The Morgan fingerprint density at radius 2 is 1.40 bits per heavy atom. The van der Waals surface area contributed by atoms with Crippen molar-refractivity contribution in [2.24, 2.45) is 0 Å². The first-order chi connectivity index (χ1) is 31.2. The molecule has 3 aromatic heterocycles. The van der Waals surface area contributed by atoms with E-state index in [1.54, 1.807) is 61.6 Å². The maximum absolute atomic E-state index is 17.5. The Kier molecular flexibility index (Phi) is 12.8. The van der Waals surface area contributed by atoms with Crippen molar-refractivity contribution in [3.63, 3.8) is 0 Å². The molecule has 336 valence electrons. The van der Waals surface area contributed by atoms with Crippen LogP contribution in [0.25, 0.3) is 22.2 Å². The predicted octanol–water partition coefficient (Wildman–Crippen LogP) is 10.6. The van der Waals surface area contributed by atoms with Crippen molar-refractivity contribution in [3.05, 3.63) is 140 Å². The van der Waals surface area contributed by atoms with E-state index in [2.05, 4.69) is 19.9 Å². The van der Waals surface area contributed by atoms with Crippen LogP contribution in [0.15, 0.2) is 85.1 Å². The van der Waals surface area contributed by atoms with Gasteiger partial charge < -0.3 is 34.5 Å². The Morgan fingerprint density at radius 1 is 0.831 bits per heavy atom. The van der Waals surface area contributed by atoms with Crippen LogP contribution in [0, 0.1) is 12.7 Å². The van der Waals surface area contributed by atoms with Crippen LogP contribution < -0.4 is 34.5 Å². The number of alkyl halides is 3. The highest BCUT2D eigenvalue weighted by molar-refractivity contribution is 6.37. The average molecular weight is 930 g/mol. The second-order valence-corrected chi connectivity index (χ2v) is 16.0. The summed E-state index contributed by atoms with van der Waals surface area (Å²) in [6, 6.07) is 22.7. The van der Waals surface area contributed by atoms with E-state index in [1.165, 1.54) is 13.0 Å². The number of hydrogen-bond acceptors (Lipinski definition) is 12. The molecule has 8 rings (SSSR count). The van der Waals surface area contributed by atoms with Gasteiger partial charge in [-0.1, -0.05) is 48.0 Å². The third-order valence-electron chi connectivity index (χ3n) is 11.2. The van der Waals surface area contributed by atoms with Crippen LogP contribution in [0.2, 0.25) is 10.3 Å². The van der Waals surface area contributed by atoms with Crippen molar-refractivity contribution in [3.8, 4) is 34.3 Å². The molecule has 1 aliphatic heterocycles. The number of aromatic nitrogens is 5. The van der Waals surface area contributed by atoms with Gasteiger partial charge >= 0.3 is 6.18 Å². The number of hydrogen-bond donors (Lipinski definition) is 1. The van der Waals surface area contributed by atoms with Crippen molar-refractivity contribution in [1.82, 2.24) is 24.9 Å². The van der Waals surface area contributed by atoms with Crippen LogP contribution in [-0.4, -0.2) is 59.4 Å². The Morgan fingerprint density at radius 3 is 1.95 bits per heavy atom. The molecule has 0 spiro atoms. The van der Waals surface area contributed by atoms with E-state index in [0.717, 1.165) is 16.7 Å². The number of benzene rings is 4. The van der Waals surface area contributed by atoms with Gasteiger partial charge in [-0.05, 0) is 90.2 Å². The zero-order chi connectivity index (χ0) is 46.2. The van der Waals surface area contributed by atoms with E-state index in [9.17, 15) is 0 Å². The van der Waals surface area contributed by atoms with Crippen molar-refractivity contribution < 1.29 is 36.5 Å². The number of methoxy groups -OCH3 is 3. The first-order valence-electron chi connectivity index (χ1n) is 20.3. The predicted molar refractivity (Wildman–Crippen MR) is 242 cm³/mol. The number of rotatable bonds is 13. The summed E-state index contributed by atoms with van der Waals surface area (Å²) in [6.07, 6.45) is -2.97. The first kappa shape index (κ1) is 44.9. The van der Waals surface area contributed by atoms with E-state index in [0.29, 0.717) is 35.1 Å². The molecule has 0 fully saturated rings. The summed E-state index contributed by atoms with van der Waals surface area (Å²) in [4.78, 5) is 26.2. The Labute approximate surface area is 381 Å². The summed E-state index contributed by atoms with van der Waals surface area (Å²) in [5.41, 5.74) is 6.76. The molecule has 12 nitrogen and oxygen atoms in total. The number of pyridine rings is 1. The van der Waals surface area contributed by atoms with Crippen molar-refractivity contribution in [1.29, 1.82) is 0 Å². The number of nitrogens with zero attached hydrogens (tertiary/aromatic N) is 7. The number of nitrogen functional groups attached to an aromatic ring is 1. The fourth-order valence-corrected chi connectivity index (χ4v) is 8.42. The second kappa shape index (κ2) is 18.4. The Hall–Kier alpha value is -6.65. The molecular weight excluding hydrogens is 887 g/mol. The fraction of sp³-hybridized carbons (Fsp3) is 0.255. The van der Waals surface area contributed by atoms with Crippen LogP contribution in [0.3, 0.4) is 0 Å². The smallest absolute Gasteiger partial charge is 0.418 e. The summed E-state index contributed by atoms with van der Waals surface area (Å²) in [6.45, 7) is 3.58. The SMILES string of the molecule is COc1ccc(Cc2cnc(N)c(C(C)N3CCOc4c(Cl)c(-c5nc(N(Cc6ccc(OC)cc6)Cc6ccc(OC)cc6)cc(C)c5C(F)(F)F)c(F)c5nc(Cl)nc3c45)n2)cc1. The lowest BCUT2D eigenvalue weighted by Gasteiger charge is -2.29. The first-order valence-corrected chi connectivity index (χ1v) is 21.0. The maximum atomic E-state index is 17.5. The summed E-state index contributed by atoms with van der Waals surface area (Å²) in [7, 11) is 4.69. The van der Waals surface area contributed by atoms with Gasteiger partial charge in [0.05, 0.1) is 73.0 Å². The third-order valence-corrected chi connectivity index (χ3v) is 11.7. The van der Waals surface area contributed by atoms with Gasteiger partial charge in [-0.2, -0.15) is 18.2 Å². The summed E-state index contributed by atoms with van der Waals surface area (Å²) in [5, 5.41) is -0.840. The zero-order valence-corrected chi connectivity index (χ0v) is 37.3. The highest BCUT2D eigenvalue weighted by Gasteiger charge is 2.41. The largest absolute Gasteiger partial charge is 0.497 e. The molecule has 0 amide bonds. The molecule has 0 saturated carbocycles. The molecule has 0 bridgehead atoms. The number of halogens is 6. The molecule has 7 aromatic rings. The van der Waals surface area contributed by atoms with Gasteiger partial charge in [0.15, 0.2) is 11.6 Å². The van der Waals surface area contributed by atoms with Gasteiger partial charge in [0, 0.05) is 19.5 Å². The molecule has 0 aliphatic carbocycles. The quantitative estimate of drug-likeness (QED) is 0.0871. The molecule has 1 aliphatic rings. The minimum absolute atomic E-state index is 0.00649. The normalized spacial score (nSPS) is 13.0. The van der Waals surface area contributed by atoms with Crippen molar-refractivity contribution in [2.45, 2.75) is 45.6 Å². The third kappa shape index (κ3) is 9.18.